The molecule has 1 N–H and O–H groups in total. The second-order valence-electron chi connectivity index (χ2n) is 14.7. The van der Waals surface area contributed by atoms with E-state index in [9.17, 15) is 24.3 Å². The van der Waals surface area contributed by atoms with Crippen LogP contribution in [-0.4, -0.2) is 105 Å². The predicted octanol–water partition coefficient (Wildman–Crippen LogP) is 5.73. The first kappa shape index (κ1) is 39.2. The van der Waals surface area contributed by atoms with Crippen LogP contribution in [0.4, 0.5) is 0 Å². The molecule has 1 saturated carbocycles. The summed E-state index contributed by atoms with van der Waals surface area (Å²) in [7, 11) is 1.71. The molecule has 0 aromatic heterocycles. The van der Waals surface area contributed by atoms with Crippen molar-refractivity contribution in [3.8, 4) is 0 Å². The van der Waals surface area contributed by atoms with Gasteiger partial charge in [-0.15, -0.1) is 13.2 Å². The van der Waals surface area contributed by atoms with Gasteiger partial charge in [0.25, 0.3) is 0 Å². The van der Waals surface area contributed by atoms with E-state index in [0.717, 1.165) is 50.5 Å². The number of aliphatic hydroxyl groups is 1. The van der Waals surface area contributed by atoms with E-state index in [4.69, 9.17) is 9.47 Å². The Morgan fingerprint density at radius 2 is 1.80 bits per heavy atom. The number of allylic oxidation sites excluding steroid dienone is 1. The maximum absolute atomic E-state index is 14.9. The number of halogens is 1. The van der Waals surface area contributed by atoms with Crippen LogP contribution in [0.2, 0.25) is 0 Å². The van der Waals surface area contributed by atoms with Crippen molar-refractivity contribution >= 4 is 39.6 Å². The van der Waals surface area contributed by atoms with Gasteiger partial charge in [0.2, 0.25) is 17.7 Å². The summed E-state index contributed by atoms with van der Waals surface area (Å²) in [6.07, 6.45) is 11.2. The number of unbranched alkanes of at least 4 members (excludes halogenated alkanes) is 3. The second kappa shape index (κ2) is 17.7. The third-order valence-electron chi connectivity index (χ3n) is 11.6. The smallest absolute Gasteiger partial charge is 0.313 e. The number of amides is 3. The number of carbonyl (C=O) groups is 4. The zero-order valence-corrected chi connectivity index (χ0v) is 31.9. The van der Waals surface area contributed by atoms with Gasteiger partial charge >= 0.3 is 5.97 Å². The molecule has 0 radical (unpaired) electrons. The molecule has 11 heteroatoms. The number of nitrogens with zero attached hydrogens (tertiary/aromatic N) is 3. The minimum absolute atomic E-state index is 0.0552. The Morgan fingerprint density at radius 1 is 1.10 bits per heavy atom. The van der Waals surface area contributed by atoms with Gasteiger partial charge in [0.1, 0.15) is 17.7 Å². The largest absolute Gasteiger partial charge is 0.455 e. The zero-order chi connectivity index (χ0) is 36.7. The molecule has 4 aliphatic rings. The highest BCUT2D eigenvalue weighted by molar-refractivity contribution is 9.09. The average molecular weight is 771 g/mol. The van der Waals surface area contributed by atoms with Gasteiger partial charge in [0, 0.05) is 44.0 Å². The Kier molecular flexibility index (Phi) is 13.6. The lowest BCUT2D eigenvalue weighted by molar-refractivity contribution is -0.164. The first-order valence-electron chi connectivity index (χ1n) is 18.9. The van der Waals surface area contributed by atoms with Crippen LogP contribution in [0.3, 0.4) is 0 Å². The molecular formula is C40H56BrN3O7. The molecule has 1 spiro atoms. The number of rotatable bonds is 18. The number of alkyl halides is 1. The molecule has 2 bridgehead atoms. The Balaban J connectivity index is 1.47. The van der Waals surface area contributed by atoms with Gasteiger partial charge < -0.3 is 29.3 Å². The summed E-state index contributed by atoms with van der Waals surface area (Å²) in [6, 6.07) is 8.02. The van der Waals surface area contributed by atoms with Crippen molar-refractivity contribution in [1.29, 1.82) is 0 Å². The normalized spacial score (nSPS) is 28.2. The van der Waals surface area contributed by atoms with E-state index < -0.39 is 47.7 Å². The van der Waals surface area contributed by atoms with Crippen molar-refractivity contribution < 1.29 is 33.8 Å². The van der Waals surface area contributed by atoms with Crippen LogP contribution in [0.5, 0.6) is 0 Å². The summed E-state index contributed by atoms with van der Waals surface area (Å²) < 4.78 is 13.2. The van der Waals surface area contributed by atoms with E-state index in [1.165, 1.54) is 0 Å². The van der Waals surface area contributed by atoms with Crippen LogP contribution in [0.15, 0.2) is 55.6 Å². The van der Waals surface area contributed by atoms with Gasteiger partial charge in [-0.25, -0.2) is 0 Å². The number of carbonyl (C=O) groups excluding carboxylic acids is 4. The van der Waals surface area contributed by atoms with Gasteiger partial charge in [-0.2, -0.15) is 0 Å². The number of fused-ring (bicyclic) bond motifs is 1. The molecule has 3 heterocycles. The van der Waals surface area contributed by atoms with Crippen molar-refractivity contribution in [2.24, 2.45) is 11.8 Å². The van der Waals surface area contributed by atoms with Crippen LogP contribution in [-0.2, 0) is 28.7 Å². The molecule has 1 aromatic rings. The second-order valence-corrected chi connectivity index (χ2v) is 15.9. The molecule has 3 saturated heterocycles. The maximum atomic E-state index is 14.9. The fourth-order valence-corrected chi connectivity index (χ4v) is 9.84. The number of benzene rings is 1. The summed E-state index contributed by atoms with van der Waals surface area (Å²) in [4.78, 5) is 62.2. The molecule has 1 aromatic carbocycles. The van der Waals surface area contributed by atoms with Crippen LogP contribution in [0, 0.1) is 11.8 Å². The fraction of sp³-hybridized carbons (Fsp3) is 0.650. The molecule has 280 valence electrons. The van der Waals surface area contributed by atoms with E-state index in [1.807, 2.05) is 42.2 Å². The van der Waals surface area contributed by atoms with E-state index in [2.05, 4.69) is 29.1 Å². The van der Waals surface area contributed by atoms with Gasteiger partial charge in [0.15, 0.2) is 0 Å². The highest BCUT2D eigenvalue weighted by Gasteiger charge is 2.77. The van der Waals surface area contributed by atoms with E-state index in [1.54, 1.807) is 29.0 Å². The Bertz CT molecular complexity index is 1400. The molecule has 3 amide bonds. The first-order chi connectivity index (χ1) is 24.6. The number of hydrogen-bond donors (Lipinski definition) is 1. The number of aliphatic hydroxyl groups excluding tert-OH is 1. The van der Waals surface area contributed by atoms with Gasteiger partial charge in [-0.05, 0) is 51.0 Å². The van der Waals surface area contributed by atoms with Crippen LogP contribution < -0.4 is 0 Å². The number of hydrogen-bond acceptors (Lipinski definition) is 7. The van der Waals surface area contributed by atoms with Crippen molar-refractivity contribution in [1.82, 2.24) is 14.7 Å². The van der Waals surface area contributed by atoms with E-state index in [-0.39, 0.29) is 41.6 Å². The van der Waals surface area contributed by atoms with Crippen LogP contribution in [0.25, 0.3) is 0 Å². The summed E-state index contributed by atoms with van der Waals surface area (Å²) >= 11 is 3.80. The monoisotopic (exact) mass is 769 g/mol. The number of esters is 1. The third-order valence-corrected chi connectivity index (χ3v) is 12.4. The van der Waals surface area contributed by atoms with Crippen molar-refractivity contribution in [2.75, 3.05) is 26.7 Å². The minimum Gasteiger partial charge on any atom is -0.455 e. The zero-order valence-electron chi connectivity index (χ0n) is 30.3. The first-order valence-corrected chi connectivity index (χ1v) is 19.8. The third kappa shape index (κ3) is 8.00. The Morgan fingerprint density at radius 3 is 2.47 bits per heavy atom. The van der Waals surface area contributed by atoms with E-state index >= 15 is 0 Å². The quantitative estimate of drug-likeness (QED) is 0.0878. The van der Waals surface area contributed by atoms with Gasteiger partial charge in [0.05, 0.1) is 24.0 Å². The maximum Gasteiger partial charge on any atom is 0.313 e. The fourth-order valence-electron chi connectivity index (χ4n) is 8.90. The lowest BCUT2D eigenvalue weighted by Gasteiger charge is -2.41. The molecule has 51 heavy (non-hydrogen) atoms. The molecule has 1 aliphatic carbocycles. The molecule has 3 aliphatic heterocycles. The standard InChI is InChI=1S/C40H56BrN3O7/c1-5-7-22-31(46)42(4)27(3)34(28-18-12-10-13-19-28)50-39(49)32-33-37(47)44(24-16-8-9-17-25-45)36(40(33)26-30(41)35(32)51-40)38(48)43(23-6-2)29-20-14-11-15-21-29/h5-6,10,12-13,18-19,27,29-30,32-36,45H,1-2,7-9,11,14-17,20-26H2,3-4H3/t27-,30?,32-,33+,34+,35-,36-,40+/m0/s1. The van der Waals surface area contributed by atoms with Gasteiger partial charge in [-0.3, -0.25) is 19.2 Å². The number of likely N-dealkylation sites (N-methyl/N-ethyl adjacent to an activating group) is 1. The Labute approximate surface area is 311 Å². The van der Waals surface area contributed by atoms with Crippen LogP contribution in [0.1, 0.15) is 95.6 Å². The van der Waals surface area contributed by atoms with Crippen LogP contribution >= 0.6 is 15.9 Å². The minimum atomic E-state index is -1.19. The molecule has 8 atom stereocenters. The highest BCUT2D eigenvalue weighted by Crippen LogP contribution is 2.60. The van der Waals surface area contributed by atoms with Crippen molar-refractivity contribution in [3.63, 3.8) is 0 Å². The predicted molar refractivity (Wildman–Crippen MR) is 199 cm³/mol. The lowest BCUT2D eigenvalue weighted by atomic mass is 9.70. The highest BCUT2D eigenvalue weighted by atomic mass is 79.9. The van der Waals surface area contributed by atoms with E-state index in [0.29, 0.717) is 38.8 Å². The Hall–Kier alpha value is -3.02. The molecular weight excluding hydrogens is 714 g/mol. The summed E-state index contributed by atoms with van der Waals surface area (Å²) in [5, 5.41) is 9.31. The molecule has 10 nitrogen and oxygen atoms in total. The lowest BCUT2D eigenvalue weighted by Crippen LogP contribution is -2.58. The number of ether oxygens (including phenoxy) is 2. The van der Waals surface area contributed by atoms with Gasteiger partial charge in [-0.1, -0.05) is 90.5 Å². The van der Waals surface area contributed by atoms with Crippen molar-refractivity contribution in [3.05, 3.63) is 61.2 Å². The topological polar surface area (TPSA) is 117 Å². The summed E-state index contributed by atoms with van der Waals surface area (Å²) in [6.45, 7) is 10.4. The average Bonchev–Trinajstić information content (AvgIpc) is 3.74. The molecule has 4 fully saturated rings. The molecule has 1 unspecified atom stereocenters. The molecule has 5 rings (SSSR count). The SMILES string of the molecule is C=CCCC(=O)N(C)[C@@H](C)[C@@H](OC(=O)[C@@H]1[C@H]2O[C@@]3(CC2Br)[C@H](C(=O)N(CC=C)C2CCCCC2)N(CCCCCCO)C(=O)[C@@H]13)c1ccccc1. The summed E-state index contributed by atoms with van der Waals surface area (Å²) in [5.41, 5.74) is -0.458. The number of likely N-dealkylation sites (tertiary alicyclic amines) is 1. The summed E-state index contributed by atoms with van der Waals surface area (Å²) in [5.74, 6) is -2.87. The van der Waals surface area contributed by atoms with Crippen molar-refractivity contribution in [2.45, 2.75) is 125 Å².